The summed E-state index contributed by atoms with van der Waals surface area (Å²) in [5, 5.41) is 11.8. The molecule has 1 amide bonds. The zero-order valence-corrected chi connectivity index (χ0v) is 18.6. The summed E-state index contributed by atoms with van der Waals surface area (Å²) in [6.07, 6.45) is 5.53. The van der Waals surface area contributed by atoms with Crippen molar-refractivity contribution in [3.05, 3.63) is 54.5 Å². The highest BCUT2D eigenvalue weighted by molar-refractivity contribution is 5.93. The van der Waals surface area contributed by atoms with Gasteiger partial charge in [0, 0.05) is 57.1 Å². The topological polar surface area (TPSA) is 105 Å². The highest BCUT2D eigenvalue weighted by Gasteiger charge is 2.16. The maximum atomic E-state index is 12.7. The van der Waals surface area contributed by atoms with Crippen LogP contribution in [0.4, 0.5) is 11.6 Å². The molecule has 168 valence electrons. The minimum absolute atomic E-state index is 0.137. The van der Waals surface area contributed by atoms with Gasteiger partial charge in [-0.2, -0.15) is 0 Å². The number of hydrogen-bond acceptors (Lipinski definition) is 8. The molecule has 1 aliphatic heterocycles. The molecule has 0 saturated carbocycles. The van der Waals surface area contributed by atoms with Gasteiger partial charge in [0.1, 0.15) is 17.3 Å². The first-order valence-corrected chi connectivity index (χ1v) is 10.9. The Hall–Kier alpha value is -3.92. The third-order valence-electron chi connectivity index (χ3n) is 5.71. The van der Waals surface area contributed by atoms with Gasteiger partial charge < -0.3 is 15.1 Å². The van der Waals surface area contributed by atoms with Crippen LogP contribution >= 0.6 is 0 Å². The van der Waals surface area contributed by atoms with Gasteiger partial charge in [-0.3, -0.25) is 9.48 Å². The summed E-state index contributed by atoms with van der Waals surface area (Å²) in [4.78, 5) is 30.8. The molecule has 1 N–H and O–H groups in total. The number of fused-ring (bicyclic) bond motifs is 1. The van der Waals surface area contributed by atoms with E-state index < -0.39 is 0 Å². The monoisotopic (exact) mass is 443 g/mol. The number of likely N-dealkylation sites (N-methyl/N-ethyl adjacent to an activating group) is 1. The number of piperazine rings is 1. The van der Waals surface area contributed by atoms with E-state index in [1.807, 2.05) is 37.5 Å². The second kappa shape index (κ2) is 8.91. The molecule has 0 aliphatic carbocycles. The number of amides is 1. The van der Waals surface area contributed by atoms with Gasteiger partial charge in [0.15, 0.2) is 0 Å². The summed E-state index contributed by atoms with van der Waals surface area (Å²) in [6, 6.07) is 9.46. The summed E-state index contributed by atoms with van der Waals surface area (Å²) in [6.45, 7) is 3.88. The molecule has 5 rings (SSSR count). The molecule has 0 unspecified atom stereocenters. The number of anilines is 2. The van der Waals surface area contributed by atoms with Crippen molar-refractivity contribution < 1.29 is 4.79 Å². The van der Waals surface area contributed by atoms with Crippen LogP contribution < -0.4 is 10.2 Å². The Balaban J connectivity index is 1.28. The molecule has 0 aromatic carbocycles. The number of carbonyl (C=O) groups is 1. The second-order valence-electron chi connectivity index (χ2n) is 8.27. The smallest absolute Gasteiger partial charge is 0.229 e. The molecule has 1 fully saturated rings. The lowest BCUT2D eigenvalue weighted by atomic mass is 10.1. The van der Waals surface area contributed by atoms with Crippen LogP contribution in [0.2, 0.25) is 0 Å². The summed E-state index contributed by atoms with van der Waals surface area (Å²) < 4.78 is 1.63. The van der Waals surface area contributed by atoms with E-state index in [0.717, 1.165) is 48.5 Å². The van der Waals surface area contributed by atoms with E-state index in [1.165, 1.54) is 0 Å². The first-order chi connectivity index (χ1) is 16.0. The standard InChI is InChI=1S/C23H25N9O/c1-30-7-9-32(10-8-30)22-11-16(5-6-24-22)12-23(33)27-21-13-19-17(14-25-21)3-4-18(26-19)20-15-31(2)29-28-20/h3-6,11,13-15H,7-10,12H2,1-2H3,(H,25,27,33). The average molecular weight is 444 g/mol. The molecule has 33 heavy (non-hydrogen) atoms. The van der Waals surface area contributed by atoms with Gasteiger partial charge in [-0.1, -0.05) is 5.21 Å². The highest BCUT2D eigenvalue weighted by atomic mass is 16.1. The summed E-state index contributed by atoms with van der Waals surface area (Å²) in [5.41, 5.74) is 3.05. The number of carbonyl (C=O) groups excluding carboxylic acids is 1. The molecule has 1 saturated heterocycles. The number of hydrogen-bond donors (Lipinski definition) is 1. The molecule has 5 heterocycles. The minimum Gasteiger partial charge on any atom is -0.354 e. The van der Waals surface area contributed by atoms with E-state index in [2.05, 4.69) is 47.4 Å². The van der Waals surface area contributed by atoms with Crippen LogP contribution in [0.1, 0.15) is 5.56 Å². The molecular weight excluding hydrogens is 418 g/mol. The van der Waals surface area contributed by atoms with Gasteiger partial charge in [-0.15, -0.1) is 5.10 Å². The van der Waals surface area contributed by atoms with Gasteiger partial charge in [0.05, 0.1) is 23.8 Å². The molecule has 0 radical (unpaired) electrons. The largest absolute Gasteiger partial charge is 0.354 e. The molecule has 0 atom stereocenters. The quantitative estimate of drug-likeness (QED) is 0.497. The van der Waals surface area contributed by atoms with Crippen molar-refractivity contribution in [2.24, 2.45) is 7.05 Å². The number of rotatable bonds is 5. The number of aryl methyl sites for hydroxylation is 1. The maximum absolute atomic E-state index is 12.7. The normalized spacial score (nSPS) is 14.5. The highest BCUT2D eigenvalue weighted by Crippen LogP contribution is 2.21. The van der Waals surface area contributed by atoms with Crippen LogP contribution in [0.15, 0.2) is 48.9 Å². The lowest BCUT2D eigenvalue weighted by Crippen LogP contribution is -2.44. The zero-order chi connectivity index (χ0) is 22.8. The summed E-state index contributed by atoms with van der Waals surface area (Å²) in [5.74, 6) is 1.24. The van der Waals surface area contributed by atoms with Crippen LogP contribution in [0.25, 0.3) is 22.3 Å². The van der Waals surface area contributed by atoms with E-state index in [-0.39, 0.29) is 12.3 Å². The van der Waals surface area contributed by atoms with Gasteiger partial charge in [-0.05, 0) is 36.9 Å². The summed E-state index contributed by atoms with van der Waals surface area (Å²) >= 11 is 0. The predicted molar refractivity (Wildman–Crippen MR) is 126 cm³/mol. The van der Waals surface area contributed by atoms with Crippen molar-refractivity contribution in [3.63, 3.8) is 0 Å². The molecular formula is C23H25N9O. The van der Waals surface area contributed by atoms with Crippen molar-refractivity contribution in [2.45, 2.75) is 6.42 Å². The van der Waals surface area contributed by atoms with E-state index in [0.29, 0.717) is 17.2 Å². The summed E-state index contributed by atoms with van der Waals surface area (Å²) in [7, 11) is 3.93. The van der Waals surface area contributed by atoms with Crippen molar-refractivity contribution >= 4 is 28.4 Å². The van der Waals surface area contributed by atoms with Crippen molar-refractivity contribution in [3.8, 4) is 11.4 Å². The van der Waals surface area contributed by atoms with Crippen LogP contribution in [-0.2, 0) is 18.3 Å². The predicted octanol–water partition coefficient (Wildman–Crippen LogP) is 1.75. The van der Waals surface area contributed by atoms with E-state index in [4.69, 9.17) is 0 Å². The number of nitrogens with one attached hydrogen (secondary N) is 1. The lowest BCUT2D eigenvalue weighted by molar-refractivity contribution is -0.115. The van der Waals surface area contributed by atoms with Crippen LogP contribution in [-0.4, -0.2) is 74.0 Å². The fraction of sp³-hybridized carbons (Fsp3) is 0.304. The Bertz CT molecular complexity index is 1290. The molecule has 4 aromatic rings. The molecule has 0 spiro atoms. The Kier molecular flexibility index (Phi) is 5.66. The van der Waals surface area contributed by atoms with Gasteiger partial charge in [-0.25, -0.2) is 15.0 Å². The maximum Gasteiger partial charge on any atom is 0.229 e. The third kappa shape index (κ3) is 4.80. The van der Waals surface area contributed by atoms with Crippen molar-refractivity contribution in [2.75, 3.05) is 43.4 Å². The number of nitrogens with zero attached hydrogens (tertiary/aromatic N) is 8. The Morgan fingerprint density at radius 3 is 2.67 bits per heavy atom. The first kappa shape index (κ1) is 21.0. The second-order valence-corrected chi connectivity index (χ2v) is 8.27. The van der Waals surface area contributed by atoms with Gasteiger partial charge in [0.25, 0.3) is 0 Å². The zero-order valence-electron chi connectivity index (χ0n) is 18.6. The third-order valence-corrected chi connectivity index (χ3v) is 5.71. The average Bonchev–Trinajstić information content (AvgIpc) is 3.25. The van der Waals surface area contributed by atoms with E-state index in [1.54, 1.807) is 23.1 Å². The lowest BCUT2D eigenvalue weighted by Gasteiger charge is -2.33. The van der Waals surface area contributed by atoms with Crippen molar-refractivity contribution in [1.82, 2.24) is 34.8 Å². The van der Waals surface area contributed by atoms with Gasteiger partial charge >= 0.3 is 0 Å². The van der Waals surface area contributed by atoms with E-state index in [9.17, 15) is 4.79 Å². The van der Waals surface area contributed by atoms with E-state index >= 15 is 0 Å². The Labute approximate surface area is 191 Å². The van der Waals surface area contributed by atoms with Gasteiger partial charge in [0.2, 0.25) is 5.91 Å². The van der Waals surface area contributed by atoms with Crippen molar-refractivity contribution in [1.29, 1.82) is 0 Å². The molecule has 1 aliphatic rings. The SMILES string of the molecule is CN1CCN(c2cc(CC(=O)Nc3cc4nc(-c5cn(C)nn5)ccc4cn3)ccn2)CC1. The fourth-order valence-corrected chi connectivity index (χ4v) is 3.84. The van der Waals surface area contributed by atoms with Crippen LogP contribution in [0, 0.1) is 0 Å². The minimum atomic E-state index is -0.137. The molecule has 4 aromatic heterocycles. The molecule has 10 heteroatoms. The number of pyridine rings is 3. The molecule has 10 nitrogen and oxygen atoms in total. The Morgan fingerprint density at radius 2 is 1.88 bits per heavy atom. The Morgan fingerprint density at radius 1 is 1.03 bits per heavy atom. The van der Waals surface area contributed by atoms with Crippen LogP contribution in [0.3, 0.4) is 0 Å². The molecule has 0 bridgehead atoms. The fourth-order valence-electron chi connectivity index (χ4n) is 3.84. The van der Waals surface area contributed by atoms with Crippen LogP contribution in [0.5, 0.6) is 0 Å². The number of aromatic nitrogens is 6. The first-order valence-electron chi connectivity index (χ1n) is 10.9.